The van der Waals surface area contributed by atoms with Gasteiger partial charge < -0.3 is 10.0 Å². The lowest BCUT2D eigenvalue weighted by Gasteiger charge is -2.26. The second kappa shape index (κ2) is 4.32. The van der Waals surface area contributed by atoms with Gasteiger partial charge in [0.1, 0.15) is 6.04 Å². The van der Waals surface area contributed by atoms with Crippen molar-refractivity contribution in [2.45, 2.75) is 24.8 Å². The third kappa shape index (κ3) is 2.85. The van der Waals surface area contributed by atoms with Gasteiger partial charge in [0.2, 0.25) is 0 Å². The van der Waals surface area contributed by atoms with E-state index in [2.05, 4.69) is 0 Å². The predicted octanol–water partition coefficient (Wildman–Crippen LogP) is 1.41. The number of carboxylic acid groups (broad SMARTS) is 1. The van der Waals surface area contributed by atoms with Crippen LogP contribution in [-0.4, -0.2) is 46.8 Å². The number of alkyl halides is 6. The van der Waals surface area contributed by atoms with Crippen molar-refractivity contribution in [1.82, 2.24) is 4.90 Å². The molecule has 0 aromatic heterocycles. The van der Waals surface area contributed by atoms with Crippen LogP contribution in [0.4, 0.5) is 26.3 Å². The molecule has 0 radical (unpaired) electrons. The first-order chi connectivity index (χ1) is 7.94. The predicted molar refractivity (Wildman–Crippen MR) is 43.4 cm³/mol. The van der Waals surface area contributed by atoms with Crippen molar-refractivity contribution >= 4 is 11.9 Å². The Morgan fingerprint density at radius 3 is 1.94 bits per heavy atom. The number of nitrogens with zero attached hydrogens (tertiary/aromatic N) is 1. The van der Waals surface area contributed by atoms with E-state index in [0.717, 1.165) is 0 Å². The van der Waals surface area contributed by atoms with Gasteiger partial charge in [-0.05, 0) is 6.42 Å². The summed E-state index contributed by atoms with van der Waals surface area (Å²) in [6, 6.07) is -2.72. The van der Waals surface area contributed by atoms with E-state index in [-0.39, 0.29) is 0 Å². The Labute approximate surface area is 96.2 Å². The zero-order valence-electron chi connectivity index (χ0n) is 8.55. The molecule has 1 rings (SSSR count). The fourth-order valence-electron chi connectivity index (χ4n) is 1.71. The average molecular weight is 279 g/mol. The topological polar surface area (TPSA) is 57.6 Å². The summed E-state index contributed by atoms with van der Waals surface area (Å²) < 4.78 is 73.6. The number of carbonyl (C=O) groups is 2. The SMILES string of the molecule is O=C(O)[C@@H]1C[C@H](C(F)(F)F)N(C(=O)C(F)(F)F)C1. The smallest absolute Gasteiger partial charge is 0.471 e. The molecule has 1 saturated heterocycles. The fourth-order valence-corrected chi connectivity index (χ4v) is 1.71. The van der Waals surface area contributed by atoms with Crippen molar-refractivity contribution in [1.29, 1.82) is 0 Å². The fraction of sp³-hybridized carbons (Fsp3) is 0.750. The first-order valence-electron chi connectivity index (χ1n) is 4.62. The van der Waals surface area contributed by atoms with Crippen LogP contribution in [0.2, 0.25) is 0 Å². The third-order valence-corrected chi connectivity index (χ3v) is 2.53. The molecular formula is C8H7F6NO3. The summed E-state index contributed by atoms with van der Waals surface area (Å²) in [5, 5.41) is 8.51. The molecule has 1 aliphatic heterocycles. The molecule has 104 valence electrons. The van der Waals surface area contributed by atoms with Crippen LogP contribution in [-0.2, 0) is 9.59 Å². The molecular weight excluding hydrogens is 272 g/mol. The van der Waals surface area contributed by atoms with Gasteiger partial charge in [-0.3, -0.25) is 9.59 Å². The highest BCUT2D eigenvalue weighted by molar-refractivity contribution is 5.83. The largest absolute Gasteiger partial charge is 0.481 e. The molecule has 2 atom stereocenters. The van der Waals surface area contributed by atoms with Crippen LogP contribution in [0.15, 0.2) is 0 Å². The Hall–Kier alpha value is -1.48. The summed E-state index contributed by atoms with van der Waals surface area (Å²) in [4.78, 5) is 20.8. The lowest BCUT2D eigenvalue weighted by atomic mass is 10.1. The molecule has 0 saturated carbocycles. The van der Waals surface area contributed by atoms with Crippen LogP contribution in [0.3, 0.4) is 0 Å². The minimum atomic E-state index is -5.46. The molecule has 1 amide bonds. The number of hydrogen-bond acceptors (Lipinski definition) is 2. The van der Waals surface area contributed by atoms with Crippen LogP contribution in [0.1, 0.15) is 6.42 Å². The van der Waals surface area contributed by atoms with Gasteiger partial charge in [-0.25, -0.2) is 0 Å². The van der Waals surface area contributed by atoms with E-state index < -0.39 is 54.1 Å². The molecule has 1 aliphatic rings. The van der Waals surface area contributed by atoms with Gasteiger partial charge in [0.25, 0.3) is 0 Å². The van der Waals surface area contributed by atoms with E-state index in [9.17, 15) is 35.9 Å². The normalized spacial score (nSPS) is 25.3. The zero-order chi connectivity index (χ0) is 14.3. The van der Waals surface area contributed by atoms with Crippen LogP contribution in [0.25, 0.3) is 0 Å². The molecule has 0 aliphatic carbocycles. The molecule has 0 spiro atoms. The van der Waals surface area contributed by atoms with Gasteiger partial charge in [0, 0.05) is 6.54 Å². The van der Waals surface area contributed by atoms with E-state index in [0.29, 0.717) is 0 Å². The quantitative estimate of drug-likeness (QED) is 0.738. The first kappa shape index (κ1) is 14.6. The summed E-state index contributed by atoms with van der Waals surface area (Å²) in [5.41, 5.74) is 0. The molecule has 0 aromatic carbocycles. The van der Waals surface area contributed by atoms with Crippen molar-refractivity contribution < 1.29 is 41.0 Å². The van der Waals surface area contributed by atoms with E-state index in [1.165, 1.54) is 0 Å². The Balaban J connectivity index is 3.00. The first-order valence-corrected chi connectivity index (χ1v) is 4.62. The standard InChI is InChI=1S/C8H7F6NO3/c9-7(10,11)4-1-3(5(16)17)2-15(4)6(18)8(12,13)14/h3-4H,1-2H2,(H,16,17)/t3-,4-/m1/s1. The van der Waals surface area contributed by atoms with Crippen LogP contribution in [0, 0.1) is 5.92 Å². The van der Waals surface area contributed by atoms with Crippen molar-refractivity contribution in [2.24, 2.45) is 5.92 Å². The number of hydrogen-bond donors (Lipinski definition) is 1. The van der Waals surface area contributed by atoms with Gasteiger partial charge >= 0.3 is 24.2 Å². The maximum absolute atomic E-state index is 12.4. The highest BCUT2D eigenvalue weighted by atomic mass is 19.4. The van der Waals surface area contributed by atoms with E-state index in [4.69, 9.17) is 5.11 Å². The second-order valence-electron chi connectivity index (χ2n) is 3.78. The molecule has 0 unspecified atom stereocenters. The molecule has 1 heterocycles. The molecule has 0 bridgehead atoms. The Morgan fingerprint density at radius 1 is 1.11 bits per heavy atom. The molecule has 4 nitrogen and oxygen atoms in total. The number of rotatable bonds is 1. The van der Waals surface area contributed by atoms with Crippen LogP contribution < -0.4 is 0 Å². The lowest BCUT2D eigenvalue weighted by molar-refractivity contribution is -0.208. The summed E-state index contributed by atoms with van der Waals surface area (Å²) in [5.74, 6) is -5.99. The van der Waals surface area contributed by atoms with Gasteiger partial charge in [-0.15, -0.1) is 0 Å². The van der Waals surface area contributed by atoms with Crippen molar-refractivity contribution in [3.05, 3.63) is 0 Å². The van der Waals surface area contributed by atoms with Crippen molar-refractivity contribution in [3.8, 4) is 0 Å². The van der Waals surface area contributed by atoms with E-state index in [1.807, 2.05) is 0 Å². The number of carbonyl (C=O) groups excluding carboxylic acids is 1. The van der Waals surface area contributed by atoms with Gasteiger partial charge in [0.15, 0.2) is 0 Å². The summed E-state index contributed by atoms with van der Waals surface area (Å²) in [7, 11) is 0. The Bertz CT molecular complexity index is 363. The number of likely N-dealkylation sites (tertiary alicyclic amines) is 1. The van der Waals surface area contributed by atoms with E-state index >= 15 is 0 Å². The lowest BCUT2D eigenvalue weighted by Crippen LogP contribution is -2.49. The molecule has 1 fully saturated rings. The van der Waals surface area contributed by atoms with Crippen molar-refractivity contribution in [2.75, 3.05) is 6.54 Å². The zero-order valence-corrected chi connectivity index (χ0v) is 8.55. The Morgan fingerprint density at radius 2 is 1.61 bits per heavy atom. The summed E-state index contributed by atoms with van der Waals surface area (Å²) >= 11 is 0. The summed E-state index contributed by atoms with van der Waals surface area (Å²) in [6.07, 6.45) is -11.6. The minimum Gasteiger partial charge on any atom is -0.481 e. The van der Waals surface area contributed by atoms with Gasteiger partial charge in [-0.1, -0.05) is 0 Å². The monoisotopic (exact) mass is 279 g/mol. The highest BCUT2D eigenvalue weighted by Gasteiger charge is 2.57. The minimum absolute atomic E-state index is 0.473. The Kier molecular flexibility index (Phi) is 3.50. The second-order valence-corrected chi connectivity index (χ2v) is 3.78. The maximum Gasteiger partial charge on any atom is 0.471 e. The average Bonchev–Trinajstić information content (AvgIpc) is 2.58. The van der Waals surface area contributed by atoms with Gasteiger partial charge in [-0.2, -0.15) is 26.3 Å². The number of amides is 1. The van der Waals surface area contributed by atoms with Gasteiger partial charge in [0.05, 0.1) is 5.92 Å². The molecule has 18 heavy (non-hydrogen) atoms. The van der Waals surface area contributed by atoms with Crippen molar-refractivity contribution in [3.63, 3.8) is 0 Å². The van der Waals surface area contributed by atoms with Crippen LogP contribution >= 0.6 is 0 Å². The highest BCUT2D eigenvalue weighted by Crippen LogP contribution is 2.37. The molecule has 1 N–H and O–H groups in total. The third-order valence-electron chi connectivity index (χ3n) is 2.53. The molecule has 10 heteroatoms. The number of carboxylic acids is 1. The summed E-state index contributed by atoms with van der Waals surface area (Å²) in [6.45, 7) is -1.10. The molecule has 0 aromatic rings. The number of halogens is 6. The van der Waals surface area contributed by atoms with Crippen LogP contribution in [0.5, 0.6) is 0 Å². The maximum atomic E-state index is 12.4. The van der Waals surface area contributed by atoms with E-state index in [1.54, 1.807) is 0 Å². The number of aliphatic carboxylic acids is 1.